The standard InChI is InChI=1S/C18H32FN/c1-5-7-9-11-13-18(3,12-10-8-6-2)17-14-16(19)15-20(17)4/h14-15H,5-13H2,1-4H3. The van der Waals surface area contributed by atoms with Gasteiger partial charge in [0.1, 0.15) is 5.82 Å². The minimum atomic E-state index is -0.0993. The summed E-state index contributed by atoms with van der Waals surface area (Å²) in [5, 5.41) is 0. The molecular weight excluding hydrogens is 249 g/mol. The summed E-state index contributed by atoms with van der Waals surface area (Å²) in [6, 6.07) is 1.74. The molecule has 1 nitrogen and oxygen atoms in total. The summed E-state index contributed by atoms with van der Waals surface area (Å²) in [7, 11) is 1.97. The average Bonchev–Trinajstić information content (AvgIpc) is 2.75. The van der Waals surface area contributed by atoms with Gasteiger partial charge < -0.3 is 4.57 Å². The van der Waals surface area contributed by atoms with E-state index in [1.54, 1.807) is 12.3 Å². The van der Waals surface area contributed by atoms with Gasteiger partial charge in [0.25, 0.3) is 0 Å². The lowest BCUT2D eigenvalue weighted by Crippen LogP contribution is -2.25. The molecule has 1 atom stereocenters. The van der Waals surface area contributed by atoms with E-state index in [2.05, 4.69) is 20.8 Å². The average molecular weight is 281 g/mol. The quantitative estimate of drug-likeness (QED) is 0.465. The van der Waals surface area contributed by atoms with Crippen molar-refractivity contribution in [1.29, 1.82) is 0 Å². The first-order chi connectivity index (χ1) is 9.53. The molecular formula is C18H32FN. The Kier molecular flexibility index (Phi) is 7.32. The van der Waals surface area contributed by atoms with Gasteiger partial charge in [0, 0.05) is 24.4 Å². The Labute approximate surface area is 124 Å². The van der Waals surface area contributed by atoms with Crippen LogP contribution in [0.3, 0.4) is 0 Å². The van der Waals surface area contributed by atoms with E-state index in [4.69, 9.17) is 0 Å². The number of halogens is 1. The molecule has 1 unspecified atom stereocenters. The first-order valence-electron chi connectivity index (χ1n) is 8.36. The molecule has 0 radical (unpaired) electrons. The number of rotatable bonds is 10. The third-order valence-electron chi connectivity index (χ3n) is 4.50. The minimum absolute atomic E-state index is 0.0993. The van der Waals surface area contributed by atoms with E-state index in [1.165, 1.54) is 63.5 Å². The van der Waals surface area contributed by atoms with Crippen molar-refractivity contribution in [3.05, 3.63) is 23.8 Å². The van der Waals surface area contributed by atoms with Crippen LogP contribution in [0.4, 0.5) is 4.39 Å². The molecule has 116 valence electrons. The number of hydrogen-bond donors (Lipinski definition) is 0. The van der Waals surface area contributed by atoms with Crippen molar-refractivity contribution < 1.29 is 4.39 Å². The highest BCUT2D eigenvalue weighted by molar-refractivity contribution is 5.19. The number of aromatic nitrogens is 1. The van der Waals surface area contributed by atoms with Crippen molar-refractivity contribution >= 4 is 0 Å². The summed E-state index contributed by atoms with van der Waals surface area (Å²) >= 11 is 0. The van der Waals surface area contributed by atoms with Gasteiger partial charge in [0.2, 0.25) is 0 Å². The second kappa shape index (κ2) is 8.49. The van der Waals surface area contributed by atoms with Crippen LogP contribution < -0.4 is 0 Å². The molecule has 0 bridgehead atoms. The maximum Gasteiger partial charge on any atom is 0.141 e. The summed E-state index contributed by atoms with van der Waals surface area (Å²) in [6.07, 6.45) is 12.9. The van der Waals surface area contributed by atoms with Gasteiger partial charge in [-0.3, -0.25) is 0 Å². The topological polar surface area (TPSA) is 4.93 Å². The molecule has 0 aliphatic rings. The maximum absolute atomic E-state index is 13.5. The Morgan fingerprint density at radius 1 is 1.00 bits per heavy atom. The summed E-state index contributed by atoms with van der Waals surface area (Å²) in [5.41, 5.74) is 1.30. The van der Waals surface area contributed by atoms with Gasteiger partial charge in [-0.05, 0) is 18.9 Å². The molecule has 0 aliphatic heterocycles. The van der Waals surface area contributed by atoms with Gasteiger partial charge in [0.15, 0.2) is 0 Å². The third-order valence-corrected chi connectivity index (χ3v) is 4.50. The molecule has 20 heavy (non-hydrogen) atoms. The van der Waals surface area contributed by atoms with Crippen LogP contribution in [-0.4, -0.2) is 4.57 Å². The zero-order chi connectivity index (χ0) is 15.0. The Balaban J connectivity index is 2.74. The molecule has 1 rings (SSSR count). The number of unbranched alkanes of at least 4 members (excludes halogenated alkanes) is 5. The molecule has 0 aliphatic carbocycles. The van der Waals surface area contributed by atoms with E-state index in [0.717, 1.165) is 0 Å². The Bertz CT molecular complexity index is 383. The molecule has 0 aromatic carbocycles. The fourth-order valence-corrected chi connectivity index (χ4v) is 3.21. The van der Waals surface area contributed by atoms with Crippen LogP contribution >= 0.6 is 0 Å². The predicted octanol–water partition coefficient (Wildman–Crippen LogP) is 5.97. The lowest BCUT2D eigenvalue weighted by Gasteiger charge is -2.31. The molecule has 0 N–H and O–H groups in total. The molecule has 1 aromatic rings. The summed E-state index contributed by atoms with van der Waals surface area (Å²) in [4.78, 5) is 0. The molecule has 0 saturated carbocycles. The first kappa shape index (κ1) is 17.3. The summed E-state index contributed by atoms with van der Waals surface area (Å²) in [6.45, 7) is 6.80. The minimum Gasteiger partial charge on any atom is -0.351 e. The van der Waals surface area contributed by atoms with Gasteiger partial charge in [-0.15, -0.1) is 0 Å². The second-order valence-corrected chi connectivity index (χ2v) is 6.48. The number of hydrogen-bond acceptors (Lipinski definition) is 0. The fourth-order valence-electron chi connectivity index (χ4n) is 3.21. The SMILES string of the molecule is CCCCCCC(C)(CCCCC)c1cc(F)cn1C. The Morgan fingerprint density at radius 3 is 2.05 bits per heavy atom. The molecule has 2 heteroatoms. The highest BCUT2D eigenvalue weighted by Gasteiger charge is 2.28. The van der Waals surface area contributed by atoms with Crippen LogP contribution in [0.1, 0.15) is 84.3 Å². The van der Waals surface area contributed by atoms with Crippen molar-refractivity contribution in [3.8, 4) is 0 Å². The van der Waals surface area contributed by atoms with Crippen LogP contribution in [0.25, 0.3) is 0 Å². The molecule has 0 saturated heterocycles. The molecule has 1 heterocycles. The van der Waals surface area contributed by atoms with Gasteiger partial charge in [-0.2, -0.15) is 0 Å². The van der Waals surface area contributed by atoms with Crippen molar-refractivity contribution in [2.75, 3.05) is 0 Å². The Hall–Kier alpha value is -0.790. The number of aryl methyl sites for hydroxylation is 1. The summed E-state index contributed by atoms with van der Waals surface area (Å²) < 4.78 is 15.5. The molecule has 0 spiro atoms. The first-order valence-corrected chi connectivity index (χ1v) is 8.36. The van der Waals surface area contributed by atoms with Crippen molar-refractivity contribution in [3.63, 3.8) is 0 Å². The van der Waals surface area contributed by atoms with Crippen LogP contribution in [0.2, 0.25) is 0 Å². The fraction of sp³-hybridized carbons (Fsp3) is 0.778. The third kappa shape index (κ3) is 4.96. The van der Waals surface area contributed by atoms with Gasteiger partial charge >= 0.3 is 0 Å². The highest BCUT2D eigenvalue weighted by Crippen LogP contribution is 2.35. The zero-order valence-electron chi connectivity index (χ0n) is 13.8. The van der Waals surface area contributed by atoms with E-state index in [9.17, 15) is 4.39 Å². The zero-order valence-corrected chi connectivity index (χ0v) is 13.8. The van der Waals surface area contributed by atoms with E-state index in [-0.39, 0.29) is 11.2 Å². The van der Waals surface area contributed by atoms with Crippen molar-refractivity contribution in [2.24, 2.45) is 7.05 Å². The van der Waals surface area contributed by atoms with Crippen LogP contribution in [0.15, 0.2) is 12.3 Å². The van der Waals surface area contributed by atoms with Gasteiger partial charge in [-0.25, -0.2) is 4.39 Å². The lowest BCUT2D eigenvalue weighted by atomic mass is 9.77. The second-order valence-electron chi connectivity index (χ2n) is 6.48. The van der Waals surface area contributed by atoms with Crippen LogP contribution in [-0.2, 0) is 12.5 Å². The van der Waals surface area contributed by atoms with E-state index < -0.39 is 0 Å². The Morgan fingerprint density at radius 2 is 1.55 bits per heavy atom. The van der Waals surface area contributed by atoms with Crippen molar-refractivity contribution in [1.82, 2.24) is 4.57 Å². The van der Waals surface area contributed by atoms with E-state index >= 15 is 0 Å². The van der Waals surface area contributed by atoms with Gasteiger partial charge in [-0.1, -0.05) is 65.7 Å². The largest absolute Gasteiger partial charge is 0.351 e. The molecule has 0 fully saturated rings. The predicted molar refractivity (Wildman–Crippen MR) is 85.6 cm³/mol. The van der Waals surface area contributed by atoms with E-state index in [1.807, 2.05) is 11.6 Å². The smallest absolute Gasteiger partial charge is 0.141 e. The molecule has 0 amide bonds. The van der Waals surface area contributed by atoms with Crippen LogP contribution in [0.5, 0.6) is 0 Å². The van der Waals surface area contributed by atoms with Gasteiger partial charge in [0.05, 0.1) is 0 Å². The lowest BCUT2D eigenvalue weighted by molar-refractivity contribution is 0.349. The van der Waals surface area contributed by atoms with Crippen LogP contribution in [0, 0.1) is 5.82 Å². The normalized spacial score (nSPS) is 14.4. The monoisotopic (exact) mass is 281 g/mol. The van der Waals surface area contributed by atoms with Crippen molar-refractivity contribution in [2.45, 2.75) is 84.0 Å². The summed E-state index contributed by atoms with van der Waals surface area (Å²) in [5.74, 6) is -0.0993. The highest BCUT2D eigenvalue weighted by atomic mass is 19.1. The maximum atomic E-state index is 13.5. The number of nitrogens with zero attached hydrogens (tertiary/aromatic N) is 1. The molecule has 1 aromatic heterocycles. The van der Waals surface area contributed by atoms with E-state index in [0.29, 0.717) is 0 Å².